The quantitative estimate of drug-likeness (QED) is 0.585. The highest BCUT2D eigenvalue weighted by Crippen LogP contribution is 2.25. The van der Waals surface area contributed by atoms with Crippen LogP contribution < -0.4 is 10.1 Å². The molecule has 28 heavy (non-hydrogen) atoms. The maximum absolute atomic E-state index is 12.8. The van der Waals surface area contributed by atoms with Gasteiger partial charge in [0.15, 0.2) is 0 Å². The van der Waals surface area contributed by atoms with Crippen molar-refractivity contribution in [3.63, 3.8) is 0 Å². The van der Waals surface area contributed by atoms with Crippen LogP contribution in [-0.4, -0.2) is 5.91 Å². The lowest BCUT2D eigenvalue weighted by Crippen LogP contribution is -2.14. The number of hydrogen-bond donors (Lipinski definition) is 1. The Bertz CT molecular complexity index is 953. The van der Waals surface area contributed by atoms with Crippen LogP contribution in [0.4, 0.5) is 5.69 Å². The molecule has 3 rings (SSSR count). The van der Waals surface area contributed by atoms with Crippen LogP contribution in [0.15, 0.2) is 72.8 Å². The van der Waals surface area contributed by atoms with Gasteiger partial charge in [-0.05, 0) is 47.7 Å². The molecule has 0 aliphatic carbocycles. The maximum atomic E-state index is 12.8. The summed E-state index contributed by atoms with van der Waals surface area (Å²) in [5, 5.41) is 2.97. The molecule has 144 valence electrons. The second-order valence-corrected chi connectivity index (χ2v) is 8.06. The summed E-state index contributed by atoms with van der Waals surface area (Å²) in [6.45, 7) is 8.98. The minimum atomic E-state index is -0.177. The number of carbonyl (C=O) groups is 1. The first-order valence-corrected chi connectivity index (χ1v) is 9.52. The van der Waals surface area contributed by atoms with Crippen LogP contribution in [-0.2, 0) is 12.0 Å². The molecule has 0 saturated heterocycles. The van der Waals surface area contributed by atoms with Gasteiger partial charge in [-0.25, -0.2) is 0 Å². The van der Waals surface area contributed by atoms with Crippen LogP contribution in [0.3, 0.4) is 0 Å². The number of amides is 1. The van der Waals surface area contributed by atoms with Crippen molar-refractivity contribution in [1.29, 1.82) is 0 Å². The second kappa shape index (κ2) is 8.30. The molecule has 3 aromatic rings. The van der Waals surface area contributed by atoms with Gasteiger partial charge in [-0.1, -0.05) is 74.9 Å². The predicted molar refractivity (Wildman–Crippen MR) is 115 cm³/mol. The van der Waals surface area contributed by atoms with Crippen LogP contribution in [0.5, 0.6) is 5.75 Å². The number of anilines is 1. The molecule has 0 heterocycles. The van der Waals surface area contributed by atoms with Crippen LogP contribution in [0.1, 0.15) is 47.8 Å². The topological polar surface area (TPSA) is 38.3 Å². The van der Waals surface area contributed by atoms with E-state index in [1.54, 1.807) is 6.07 Å². The zero-order valence-corrected chi connectivity index (χ0v) is 17.0. The molecule has 3 aromatic carbocycles. The molecule has 3 heteroatoms. The highest BCUT2D eigenvalue weighted by molar-refractivity contribution is 6.06. The normalized spacial score (nSPS) is 11.1. The number of rotatable bonds is 5. The number of benzene rings is 3. The standard InChI is InChI=1S/C25H27NO2/c1-18-8-7-9-19(16-18)17-28-23-11-6-5-10-22(23)24(27)26-21-14-12-20(13-15-21)25(2,3)4/h5-16H,17H2,1-4H3,(H,26,27). The third kappa shape index (κ3) is 5.01. The molecule has 0 atom stereocenters. The first-order chi connectivity index (χ1) is 13.3. The number of nitrogens with one attached hydrogen (secondary N) is 1. The summed E-state index contributed by atoms with van der Waals surface area (Å²) < 4.78 is 5.94. The third-order valence-corrected chi connectivity index (χ3v) is 4.62. The van der Waals surface area contributed by atoms with Crippen molar-refractivity contribution in [3.05, 3.63) is 95.1 Å². The molecule has 0 bridgehead atoms. The maximum Gasteiger partial charge on any atom is 0.259 e. The molecule has 0 unspecified atom stereocenters. The summed E-state index contributed by atoms with van der Waals surface area (Å²) in [4.78, 5) is 12.8. The summed E-state index contributed by atoms with van der Waals surface area (Å²) in [6, 6.07) is 23.5. The van der Waals surface area contributed by atoms with Crippen molar-refractivity contribution in [1.82, 2.24) is 0 Å². The molecule has 0 saturated carbocycles. The van der Waals surface area contributed by atoms with Gasteiger partial charge in [0.05, 0.1) is 5.56 Å². The van der Waals surface area contributed by atoms with Crippen molar-refractivity contribution in [2.75, 3.05) is 5.32 Å². The molecule has 0 spiro atoms. The fraction of sp³-hybridized carbons (Fsp3) is 0.240. The monoisotopic (exact) mass is 373 g/mol. The largest absolute Gasteiger partial charge is 0.488 e. The van der Waals surface area contributed by atoms with Crippen molar-refractivity contribution < 1.29 is 9.53 Å². The zero-order valence-electron chi connectivity index (χ0n) is 17.0. The average molecular weight is 373 g/mol. The number of hydrogen-bond acceptors (Lipinski definition) is 2. The molecule has 1 amide bonds. The molecule has 0 radical (unpaired) electrons. The van der Waals surface area contributed by atoms with Crippen LogP contribution in [0.2, 0.25) is 0 Å². The summed E-state index contributed by atoms with van der Waals surface area (Å²) in [6.07, 6.45) is 0. The Morgan fingerprint density at radius 3 is 2.32 bits per heavy atom. The molecule has 0 aromatic heterocycles. The second-order valence-electron chi connectivity index (χ2n) is 8.06. The van der Waals surface area contributed by atoms with E-state index >= 15 is 0 Å². The zero-order chi connectivity index (χ0) is 20.1. The number of carbonyl (C=O) groups excluding carboxylic acids is 1. The smallest absolute Gasteiger partial charge is 0.259 e. The van der Waals surface area contributed by atoms with E-state index in [-0.39, 0.29) is 11.3 Å². The summed E-state index contributed by atoms with van der Waals surface area (Å²) in [7, 11) is 0. The summed E-state index contributed by atoms with van der Waals surface area (Å²) in [5.74, 6) is 0.399. The molecular formula is C25H27NO2. The van der Waals surface area contributed by atoms with Gasteiger partial charge in [-0.3, -0.25) is 4.79 Å². The van der Waals surface area contributed by atoms with Crippen molar-refractivity contribution in [2.45, 2.75) is 39.7 Å². The minimum Gasteiger partial charge on any atom is -0.488 e. The van der Waals surface area contributed by atoms with Crippen molar-refractivity contribution in [3.8, 4) is 5.75 Å². The lowest BCUT2D eigenvalue weighted by molar-refractivity contribution is 0.102. The number of para-hydroxylation sites is 1. The Kier molecular flexibility index (Phi) is 5.84. The first-order valence-electron chi connectivity index (χ1n) is 9.52. The van der Waals surface area contributed by atoms with Gasteiger partial charge in [0.1, 0.15) is 12.4 Å². The summed E-state index contributed by atoms with van der Waals surface area (Å²) in [5.41, 5.74) is 4.87. The first kappa shape index (κ1) is 19.7. The van der Waals surface area contributed by atoms with Crippen molar-refractivity contribution >= 4 is 11.6 Å². The Morgan fingerprint density at radius 1 is 0.929 bits per heavy atom. The Morgan fingerprint density at radius 2 is 1.64 bits per heavy atom. The van der Waals surface area contributed by atoms with E-state index < -0.39 is 0 Å². The molecule has 0 aliphatic rings. The van der Waals surface area contributed by atoms with E-state index in [9.17, 15) is 4.79 Å². The lowest BCUT2D eigenvalue weighted by atomic mass is 9.87. The fourth-order valence-electron chi connectivity index (χ4n) is 3.00. The average Bonchev–Trinajstić information content (AvgIpc) is 2.66. The van der Waals surface area contributed by atoms with E-state index in [0.29, 0.717) is 17.9 Å². The van der Waals surface area contributed by atoms with Crippen molar-refractivity contribution in [2.24, 2.45) is 0 Å². The molecule has 1 N–H and O–H groups in total. The van der Waals surface area contributed by atoms with Crippen LogP contribution in [0.25, 0.3) is 0 Å². The molecular weight excluding hydrogens is 346 g/mol. The van der Waals surface area contributed by atoms with Gasteiger partial charge in [-0.2, -0.15) is 0 Å². The summed E-state index contributed by atoms with van der Waals surface area (Å²) >= 11 is 0. The Balaban J connectivity index is 1.72. The third-order valence-electron chi connectivity index (χ3n) is 4.62. The van der Waals surface area contributed by atoms with Crippen LogP contribution in [0, 0.1) is 6.92 Å². The van der Waals surface area contributed by atoms with Gasteiger partial charge in [0.25, 0.3) is 5.91 Å². The lowest BCUT2D eigenvalue weighted by Gasteiger charge is -2.19. The van der Waals surface area contributed by atoms with E-state index in [1.165, 1.54) is 11.1 Å². The highest BCUT2D eigenvalue weighted by Gasteiger charge is 2.15. The highest BCUT2D eigenvalue weighted by atomic mass is 16.5. The van der Waals surface area contributed by atoms with E-state index in [1.807, 2.05) is 42.5 Å². The van der Waals surface area contributed by atoms with Gasteiger partial charge >= 0.3 is 0 Å². The van der Waals surface area contributed by atoms with Gasteiger partial charge in [0.2, 0.25) is 0 Å². The van der Waals surface area contributed by atoms with E-state index in [2.05, 4.69) is 57.3 Å². The minimum absolute atomic E-state index is 0.0821. The molecule has 0 aliphatic heterocycles. The Labute approximate surface area is 167 Å². The Hall–Kier alpha value is -3.07. The van der Waals surface area contributed by atoms with Crippen LogP contribution >= 0.6 is 0 Å². The fourth-order valence-corrected chi connectivity index (χ4v) is 3.00. The molecule has 0 fully saturated rings. The number of ether oxygens (including phenoxy) is 1. The molecule has 3 nitrogen and oxygen atoms in total. The van der Waals surface area contributed by atoms with Gasteiger partial charge < -0.3 is 10.1 Å². The number of aryl methyl sites for hydroxylation is 1. The SMILES string of the molecule is Cc1cccc(COc2ccccc2C(=O)Nc2ccc(C(C)(C)C)cc2)c1. The predicted octanol–water partition coefficient (Wildman–Crippen LogP) is 6.12. The van der Waals surface area contributed by atoms with E-state index in [0.717, 1.165) is 11.3 Å². The van der Waals surface area contributed by atoms with Gasteiger partial charge in [-0.15, -0.1) is 0 Å². The van der Waals surface area contributed by atoms with Gasteiger partial charge in [0, 0.05) is 5.69 Å². The van der Waals surface area contributed by atoms with E-state index in [4.69, 9.17) is 4.74 Å².